The highest BCUT2D eigenvalue weighted by Gasteiger charge is 2.08. The van der Waals surface area contributed by atoms with Crippen LogP contribution in [0.1, 0.15) is 23.2 Å². The number of ether oxygens (including phenoxy) is 1. The Morgan fingerprint density at radius 2 is 1.96 bits per heavy atom. The summed E-state index contributed by atoms with van der Waals surface area (Å²) in [5.74, 6) is 0.353. The Labute approximate surface area is 156 Å². The molecule has 0 aliphatic heterocycles. The van der Waals surface area contributed by atoms with Gasteiger partial charge in [-0.25, -0.2) is 4.98 Å². The van der Waals surface area contributed by atoms with E-state index in [1.807, 2.05) is 44.2 Å². The van der Waals surface area contributed by atoms with Gasteiger partial charge < -0.3 is 4.74 Å². The number of carbonyl (C=O) groups is 1. The summed E-state index contributed by atoms with van der Waals surface area (Å²) < 4.78 is 6.75. The van der Waals surface area contributed by atoms with E-state index in [9.17, 15) is 9.59 Å². The molecule has 0 spiro atoms. The van der Waals surface area contributed by atoms with Crippen LogP contribution in [0.15, 0.2) is 58.4 Å². The Bertz CT molecular complexity index is 981. The molecule has 0 fully saturated rings. The van der Waals surface area contributed by atoms with Crippen molar-refractivity contribution in [3.8, 4) is 0 Å². The van der Waals surface area contributed by atoms with Crippen LogP contribution in [0, 0.1) is 13.8 Å². The van der Waals surface area contributed by atoms with E-state index in [0.717, 1.165) is 10.5 Å². The minimum Gasteiger partial charge on any atom is -0.459 e. The van der Waals surface area contributed by atoms with Gasteiger partial charge in [-0.15, -0.1) is 11.8 Å². The zero-order chi connectivity index (χ0) is 18.5. The van der Waals surface area contributed by atoms with Crippen molar-refractivity contribution in [2.75, 3.05) is 5.75 Å². The Kier molecular flexibility index (Phi) is 5.73. The molecule has 0 atom stereocenters. The van der Waals surface area contributed by atoms with E-state index in [2.05, 4.69) is 4.98 Å². The van der Waals surface area contributed by atoms with Crippen molar-refractivity contribution in [3.63, 3.8) is 0 Å². The molecule has 0 aliphatic carbocycles. The summed E-state index contributed by atoms with van der Waals surface area (Å²) >= 11 is 1.62. The second-order valence-electron chi connectivity index (χ2n) is 6.04. The van der Waals surface area contributed by atoms with Crippen molar-refractivity contribution >= 4 is 23.4 Å². The molecule has 6 heteroatoms. The van der Waals surface area contributed by atoms with E-state index in [1.54, 1.807) is 24.0 Å². The lowest BCUT2D eigenvalue weighted by molar-refractivity contribution is -0.144. The van der Waals surface area contributed by atoms with Gasteiger partial charge in [0, 0.05) is 22.9 Å². The summed E-state index contributed by atoms with van der Waals surface area (Å²) in [6.07, 6.45) is 1.99. The molecule has 0 aliphatic rings. The summed E-state index contributed by atoms with van der Waals surface area (Å²) in [4.78, 5) is 29.6. The predicted molar refractivity (Wildman–Crippen MR) is 103 cm³/mol. The number of hydrogen-bond donors (Lipinski definition) is 0. The van der Waals surface area contributed by atoms with E-state index >= 15 is 0 Å². The quantitative estimate of drug-likeness (QED) is 0.492. The smallest absolute Gasteiger partial charge is 0.307 e. The van der Waals surface area contributed by atoms with E-state index in [0.29, 0.717) is 23.5 Å². The SMILES string of the molecule is Cc1ccc(SCCC(=O)OCc2cc(=O)n3cccc(C)c3n2)cc1. The fourth-order valence-corrected chi connectivity index (χ4v) is 3.33. The van der Waals surface area contributed by atoms with Gasteiger partial charge in [0.25, 0.3) is 5.56 Å². The molecular weight excluding hydrogens is 348 g/mol. The zero-order valence-corrected chi connectivity index (χ0v) is 15.6. The van der Waals surface area contributed by atoms with Gasteiger partial charge in [0.2, 0.25) is 0 Å². The molecule has 0 bridgehead atoms. The van der Waals surface area contributed by atoms with Gasteiger partial charge in [0.1, 0.15) is 12.3 Å². The maximum Gasteiger partial charge on any atom is 0.307 e. The monoisotopic (exact) mass is 368 g/mol. The molecule has 0 saturated carbocycles. The molecule has 1 aromatic carbocycles. The maximum absolute atomic E-state index is 12.1. The minimum absolute atomic E-state index is 0.00804. The number of benzene rings is 1. The number of aromatic nitrogens is 2. The van der Waals surface area contributed by atoms with E-state index in [1.165, 1.54) is 16.0 Å². The zero-order valence-electron chi connectivity index (χ0n) is 14.8. The fourth-order valence-electron chi connectivity index (χ4n) is 2.50. The van der Waals surface area contributed by atoms with Gasteiger partial charge in [-0.2, -0.15) is 0 Å². The molecule has 0 unspecified atom stereocenters. The minimum atomic E-state index is -0.295. The normalized spacial score (nSPS) is 10.8. The van der Waals surface area contributed by atoms with Gasteiger partial charge >= 0.3 is 5.97 Å². The highest BCUT2D eigenvalue weighted by Crippen LogP contribution is 2.19. The number of nitrogens with zero attached hydrogens (tertiary/aromatic N) is 2. The van der Waals surface area contributed by atoms with E-state index < -0.39 is 0 Å². The average Bonchev–Trinajstić information content (AvgIpc) is 2.63. The third-order valence-corrected chi connectivity index (χ3v) is 4.93. The third-order valence-electron chi connectivity index (χ3n) is 3.92. The van der Waals surface area contributed by atoms with Crippen LogP contribution in [0.5, 0.6) is 0 Å². The topological polar surface area (TPSA) is 60.7 Å². The molecule has 0 N–H and O–H groups in total. The number of pyridine rings is 1. The van der Waals surface area contributed by atoms with E-state index in [4.69, 9.17) is 4.74 Å². The summed E-state index contributed by atoms with van der Waals surface area (Å²) in [6.45, 7) is 3.94. The molecule has 5 nitrogen and oxygen atoms in total. The van der Waals surface area contributed by atoms with Crippen LogP contribution in [0.3, 0.4) is 0 Å². The first-order valence-electron chi connectivity index (χ1n) is 8.36. The second kappa shape index (κ2) is 8.19. The van der Waals surface area contributed by atoms with Gasteiger partial charge in [-0.1, -0.05) is 23.8 Å². The first kappa shape index (κ1) is 18.2. The van der Waals surface area contributed by atoms with Crippen molar-refractivity contribution in [3.05, 3.63) is 75.8 Å². The Morgan fingerprint density at radius 3 is 2.73 bits per heavy atom. The Balaban J connectivity index is 1.54. The molecular formula is C20H20N2O3S. The molecule has 0 radical (unpaired) electrons. The molecule has 0 saturated heterocycles. The van der Waals surface area contributed by atoms with Crippen LogP contribution >= 0.6 is 11.8 Å². The maximum atomic E-state index is 12.1. The highest BCUT2D eigenvalue weighted by atomic mass is 32.2. The Morgan fingerprint density at radius 1 is 1.19 bits per heavy atom. The first-order chi connectivity index (χ1) is 12.5. The predicted octanol–water partition coefficient (Wildman–Crippen LogP) is 3.54. The number of fused-ring (bicyclic) bond motifs is 1. The van der Waals surface area contributed by atoms with Gasteiger partial charge in [0.15, 0.2) is 0 Å². The molecule has 2 aromatic heterocycles. The molecule has 26 heavy (non-hydrogen) atoms. The van der Waals surface area contributed by atoms with Crippen molar-refractivity contribution in [2.45, 2.75) is 31.8 Å². The average molecular weight is 368 g/mol. The van der Waals surface area contributed by atoms with Crippen LogP contribution in [0.2, 0.25) is 0 Å². The molecule has 0 amide bonds. The Hall–Kier alpha value is -2.60. The third kappa shape index (κ3) is 4.52. The van der Waals surface area contributed by atoms with Crippen LogP contribution < -0.4 is 5.56 Å². The largest absolute Gasteiger partial charge is 0.459 e. The van der Waals surface area contributed by atoms with Gasteiger partial charge in [-0.3, -0.25) is 14.0 Å². The van der Waals surface area contributed by atoms with Crippen LogP contribution in [0.4, 0.5) is 0 Å². The number of aryl methyl sites for hydroxylation is 2. The molecule has 3 aromatic rings. The van der Waals surface area contributed by atoms with Crippen LogP contribution in [-0.4, -0.2) is 21.1 Å². The molecule has 3 rings (SSSR count). The van der Waals surface area contributed by atoms with Crippen molar-refractivity contribution in [2.24, 2.45) is 0 Å². The fraction of sp³-hybridized carbons (Fsp3) is 0.250. The highest BCUT2D eigenvalue weighted by molar-refractivity contribution is 7.99. The second-order valence-corrected chi connectivity index (χ2v) is 7.21. The number of esters is 1. The van der Waals surface area contributed by atoms with Crippen molar-refractivity contribution < 1.29 is 9.53 Å². The summed E-state index contributed by atoms with van der Waals surface area (Å²) in [5, 5.41) is 0. The lowest BCUT2D eigenvalue weighted by Crippen LogP contribution is -2.17. The van der Waals surface area contributed by atoms with Gasteiger partial charge in [-0.05, 0) is 37.6 Å². The van der Waals surface area contributed by atoms with E-state index in [-0.39, 0.29) is 18.1 Å². The number of thioether (sulfide) groups is 1. The number of hydrogen-bond acceptors (Lipinski definition) is 5. The van der Waals surface area contributed by atoms with Crippen LogP contribution in [-0.2, 0) is 16.1 Å². The van der Waals surface area contributed by atoms with Crippen molar-refractivity contribution in [1.29, 1.82) is 0 Å². The van der Waals surface area contributed by atoms with Crippen molar-refractivity contribution in [1.82, 2.24) is 9.38 Å². The van der Waals surface area contributed by atoms with Crippen LogP contribution in [0.25, 0.3) is 5.65 Å². The summed E-state index contributed by atoms with van der Waals surface area (Å²) in [6, 6.07) is 13.3. The number of rotatable bonds is 6. The molecule has 134 valence electrons. The summed E-state index contributed by atoms with van der Waals surface area (Å²) in [7, 11) is 0. The van der Waals surface area contributed by atoms with Gasteiger partial charge in [0.05, 0.1) is 12.1 Å². The lowest BCUT2D eigenvalue weighted by atomic mass is 10.2. The number of carbonyl (C=O) groups excluding carboxylic acids is 1. The first-order valence-corrected chi connectivity index (χ1v) is 9.34. The summed E-state index contributed by atoms with van der Waals surface area (Å²) in [5.41, 5.74) is 2.97. The standard InChI is InChI=1S/C20H20N2O3S/c1-14-5-7-17(8-6-14)26-11-9-19(24)25-13-16-12-18(23)22-10-3-4-15(2)20(22)21-16/h3-8,10,12H,9,11,13H2,1-2H3. The lowest BCUT2D eigenvalue weighted by Gasteiger charge is -2.07. The molecule has 2 heterocycles.